The number of imide groups is 2. The number of carbonyl (C=O) groups excluding carboxylic acids is 4. The van der Waals surface area contributed by atoms with E-state index in [-0.39, 0.29) is 28.2 Å². The smallest absolute Gasteiger partial charge is 0.258 e. The minimum atomic E-state index is -2.71. The number of nitrogens with zero attached hydrogens (tertiary/aromatic N) is 2. The van der Waals surface area contributed by atoms with Crippen LogP contribution >= 0.6 is 23.2 Å². The normalized spacial score (nSPS) is 30.0. The van der Waals surface area contributed by atoms with E-state index in [1.54, 1.807) is 36.4 Å². The molecule has 2 heterocycles. The summed E-state index contributed by atoms with van der Waals surface area (Å²) in [6.45, 7) is 1.53. The lowest BCUT2D eigenvalue weighted by molar-refractivity contribution is -0.125. The number of phenolic OH excluding ortho intramolecular Hbond substituents is 1. The van der Waals surface area contributed by atoms with E-state index in [2.05, 4.69) is 0 Å². The van der Waals surface area contributed by atoms with Crippen molar-refractivity contribution in [3.05, 3.63) is 100 Å². The van der Waals surface area contributed by atoms with Crippen LogP contribution in [-0.2, 0) is 19.2 Å². The molecule has 1 N–H and O–H groups in total. The van der Waals surface area contributed by atoms with Gasteiger partial charge in [-0.3, -0.25) is 24.1 Å². The zero-order chi connectivity index (χ0) is 33.9. The van der Waals surface area contributed by atoms with Gasteiger partial charge >= 0.3 is 0 Å². The molecule has 242 valence electrons. The van der Waals surface area contributed by atoms with Crippen LogP contribution in [0.4, 0.5) is 33.3 Å². The van der Waals surface area contributed by atoms with Crippen LogP contribution in [0.1, 0.15) is 29.9 Å². The molecule has 7 rings (SSSR count). The van der Waals surface area contributed by atoms with Crippen molar-refractivity contribution >= 4 is 58.2 Å². The number of anilines is 2. The SMILES string of the molecule is Cc1cccc(C2C3=CCC4C(=O)N(c5ccccc5)C(=O)C4C3CC3(Cl)C(=O)N(c4c(F)c(F)c(F)c(F)c4F)C(=O)C23Cl)c1O. The van der Waals surface area contributed by atoms with Crippen LogP contribution in [-0.4, -0.2) is 38.5 Å². The molecule has 3 fully saturated rings. The monoisotopic (exact) mass is 690 g/mol. The van der Waals surface area contributed by atoms with Gasteiger partial charge in [0.2, 0.25) is 17.6 Å². The number of amides is 4. The van der Waals surface area contributed by atoms with Crippen LogP contribution in [0.25, 0.3) is 0 Å². The molecule has 2 aliphatic heterocycles. The van der Waals surface area contributed by atoms with E-state index in [9.17, 15) is 37.5 Å². The summed E-state index contributed by atoms with van der Waals surface area (Å²) < 4.78 is 73.0. The van der Waals surface area contributed by atoms with E-state index in [1.807, 2.05) is 0 Å². The molecule has 7 nitrogen and oxygen atoms in total. The number of para-hydroxylation sites is 2. The van der Waals surface area contributed by atoms with Gasteiger partial charge in [-0.1, -0.05) is 48.0 Å². The Morgan fingerprint density at radius 1 is 0.766 bits per heavy atom. The molecule has 3 aromatic rings. The molecule has 0 spiro atoms. The van der Waals surface area contributed by atoms with E-state index in [0.29, 0.717) is 11.3 Å². The molecule has 4 amide bonds. The molecule has 4 aliphatic rings. The Hall–Kier alpha value is -4.29. The van der Waals surface area contributed by atoms with E-state index in [4.69, 9.17) is 23.2 Å². The number of hydrogen-bond acceptors (Lipinski definition) is 5. The Bertz CT molecular complexity index is 1960. The summed E-state index contributed by atoms with van der Waals surface area (Å²) in [5, 5.41) is 11.2. The predicted octanol–water partition coefficient (Wildman–Crippen LogP) is 6.16. The summed E-state index contributed by atoms with van der Waals surface area (Å²) in [6.07, 6.45) is 0.919. The molecule has 6 unspecified atom stereocenters. The molecule has 14 heteroatoms. The number of halogens is 7. The summed E-state index contributed by atoms with van der Waals surface area (Å²) >= 11 is 14.2. The largest absolute Gasteiger partial charge is 0.507 e. The Morgan fingerprint density at radius 3 is 2.02 bits per heavy atom. The summed E-state index contributed by atoms with van der Waals surface area (Å²) in [5.41, 5.74) is -1.07. The highest BCUT2D eigenvalue weighted by atomic mass is 35.5. The minimum absolute atomic E-state index is 0.0147. The van der Waals surface area contributed by atoms with E-state index in [1.165, 1.54) is 25.1 Å². The van der Waals surface area contributed by atoms with Crippen LogP contribution in [0.15, 0.2) is 60.2 Å². The van der Waals surface area contributed by atoms with E-state index >= 15 is 8.78 Å². The standard InChI is InChI=1S/C33H21Cl2F5N2O5/c1-13-6-5-9-17(27(13)43)20-15-10-11-16-19(29(45)41(28(16)44)14-7-3-2-4-8-14)18(15)12-32(34)30(46)42(31(47)33(20,32)35)26-24(39)22(37)21(36)23(38)25(26)40/h2-10,16,18-20,43H,11-12H2,1H3. The van der Waals surface area contributed by atoms with Crippen molar-refractivity contribution < 1.29 is 46.2 Å². The molecule has 2 aliphatic carbocycles. The number of fused-ring (bicyclic) bond motifs is 4. The van der Waals surface area contributed by atoms with Crippen molar-refractivity contribution in [1.29, 1.82) is 0 Å². The quantitative estimate of drug-likeness (QED) is 0.0887. The number of aromatic hydroxyl groups is 1. The van der Waals surface area contributed by atoms with Crippen molar-refractivity contribution in [1.82, 2.24) is 0 Å². The lowest BCUT2D eigenvalue weighted by atomic mass is 9.56. The van der Waals surface area contributed by atoms with Gasteiger partial charge in [0.1, 0.15) is 11.4 Å². The maximum absolute atomic E-state index is 15.1. The number of hydrogen-bond donors (Lipinski definition) is 1. The highest BCUT2D eigenvalue weighted by Crippen LogP contribution is 2.66. The van der Waals surface area contributed by atoms with Crippen molar-refractivity contribution in [3.8, 4) is 5.75 Å². The predicted molar refractivity (Wildman–Crippen MR) is 158 cm³/mol. The highest BCUT2D eigenvalue weighted by Gasteiger charge is 2.77. The van der Waals surface area contributed by atoms with Crippen molar-refractivity contribution in [3.63, 3.8) is 0 Å². The third kappa shape index (κ3) is 3.85. The van der Waals surface area contributed by atoms with Gasteiger partial charge in [-0.05, 0) is 43.4 Å². The topological polar surface area (TPSA) is 95.0 Å². The molecule has 0 aromatic heterocycles. The van der Waals surface area contributed by atoms with Gasteiger partial charge in [0.05, 0.1) is 17.5 Å². The molecule has 0 bridgehead atoms. The van der Waals surface area contributed by atoms with Gasteiger partial charge in [0, 0.05) is 11.5 Å². The third-order valence-corrected chi connectivity index (χ3v) is 11.2. The van der Waals surface area contributed by atoms with Gasteiger partial charge in [0.15, 0.2) is 33.0 Å². The zero-order valence-electron chi connectivity index (χ0n) is 24.0. The number of carbonyl (C=O) groups is 4. The van der Waals surface area contributed by atoms with E-state index in [0.717, 1.165) is 4.90 Å². The van der Waals surface area contributed by atoms with Gasteiger partial charge in [-0.2, -0.15) is 0 Å². The third-order valence-electron chi connectivity index (χ3n) is 9.82. The first-order valence-electron chi connectivity index (χ1n) is 14.4. The second-order valence-corrected chi connectivity index (χ2v) is 13.3. The average molecular weight is 691 g/mol. The van der Waals surface area contributed by atoms with Gasteiger partial charge in [-0.15, -0.1) is 23.2 Å². The summed E-state index contributed by atoms with van der Waals surface area (Å²) in [6, 6.07) is 12.5. The van der Waals surface area contributed by atoms with Gasteiger partial charge in [0.25, 0.3) is 11.8 Å². The first-order valence-corrected chi connectivity index (χ1v) is 15.1. The fraction of sp³-hybridized carbons (Fsp3) is 0.273. The summed E-state index contributed by atoms with van der Waals surface area (Å²) in [5.74, 6) is -21.7. The number of alkyl halides is 2. The van der Waals surface area contributed by atoms with Crippen LogP contribution in [0.5, 0.6) is 5.75 Å². The molecule has 1 saturated carbocycles. The molecule has 0 radical (unpaired) electrons. The zero-order valence-corrected chi connectivity index (χ0v) is 25.6. The molecule has 47 heavy (non-hydrogen) atoms. The fourth-order valence-corrected chi connectivity index (χ4v) is 8.59. The van der Waals surface area contributed by atoms with Crippen molar-refractivity contribution in [2.45, 2.75) is 35.4 Å². The van der Waals surface area contributed by atoms with E-state index < -0.39 is 98.2 Å². The number of benzene rings is 3. The first kappa shape index (κ1) is 31.3. The van der Waals surface area contributed by atoms with Crippen LogP contribution in [0.2, 0.25) is 0 Å². The first-order chi connectivity index (χ1) is 22.2. The molecule has 3 aromatic carbocycles. The Balaban J connectivity index is 1.45. The maximum Gasteiger partial charge on any atom is 0.258 e. The van der Waals surface area contributed by atoms with Gasteiger partial charge < -0.3 is 5.11 Å². The second kappa shape index (κ2) is 10.4. The van der Waals surface area contributed by atoms with Crippen molar-refractivity contribution in [2.75, 3.05) is 9.80 Å². The molecular weight excluding hydrogens is 670 g/mol. The van der Waals surface area contributed by atoms with Gasteiger partial charge in [-0.25, -0.2) is 26.9 Å². The number of allylic oxidation sites excluding steroid dienone is 2. The lowest BCUT2D eigenvalue weighted by Gasteiger charge is -2.50. The average Bonchev–Trinajstić information content (AvgIpc) is 3.39. The number of rotatable bonds is 3. The number of phenols is 1. The molecular formula is C33H21Cl2F5N2O5. The second-order valence-electron chi connectivity index (χ2n) is 12.1. The van der Waals surface area contributed by atoms with Crippen LogP contribution < -0.4 is 9.80 Å². The Labute approximate surface area is 273 Å². The van der Waals surface area contributed by atoms with Crippen molar-refractivity contribution in [2.24, 2.45) is 17.8 Å². The summed E-state index contributed by atoms with van der Waals surface area (Å²) in [7, 11) is 0. The Kier molecular flexibility index (Phi) is 6.90. The lowest BCUT2D eigenvalue weighted by Crippen LogP contribution is -2.60. The maximum atomic E-state index is 15.1. The number of aryl methyl sites for hydroxylation is 1. The van der Waals surface area contributed by atoms with Crippen LogP contribution in [0.3, 0.4) is 0 Å². The molecule has 2 saturated heterocycles. The Morgan fingerprint density at radius 2 is 1.38 bits per heavy atom. The molecule has 6 atom stereocenters. The summed E-state index contributed by atoms with van der Waals surface area (Å²) in [4.78, 5) is 51.6. The highest BCUT2D eigenvalue weighted by molar-refractivity contribution is 6.58. The van der Waals surface area contributed by atoms with Crippen LogP contribution in [0, 0.1) is 53.8 Å². The minimum Gasteiger partial charge on any atom is -0.507 e. The fourth-order valence-electron chi connectivity index (χ4n) is 7.66.